The number of ether oxygens (including phenoxy) is 1. The van der Waals surface area contributed by atoms with E-state index in [9.17, 15) is 10.1 Å². The average molecular weight is 384 g/mol. The van der Waals surface area contributed by atoms with E-state index in [4.69, 9.17) is 4.74 Å². The van der Waals surface area contributed by atoms with Crippen molar-refractivity contribution < 1.29 is 9.53 Å². The van der Waals surface area contributed by atoms with Crippen molar-refractivity contribution in [1.29, 1.82) is 5.26 Å². The zero-order chi connectivity index (χ0) is 17.5. The number of nitrogens with zero attached hydrogens (tertiary/aromatic N) is 1. The molecule has 0 N–H and O–H groups in total. The van der Waals surface area contributed by atoms with Gasteiger partial charge in [-0.3, -0.25) is 4.79 Å². The molecule has 0 aliphatic heterocycles. The Labute approximate surface area is 150 Å². The molecule has 0 aliphatic rings. The Morgan fingerprint density at radius 3 is 2.58 bits per heavy atom. The Kier molecular flexibility index (Phi) is 6.34. The van der Waals surface area contributed by atoms with Gasteiger partial charge in [0.1, 0.15) is 18.4 Å². The Morgan fingerprint density at radius 2 is 1.96 bits per heavy atom. The van der Waals surface area contributed by atoms with E-state index in [2.05, 4.69) is 15.9 Å². The summed E-state index contributed by atoms with van der Waals surface area (Å²) in [7, 11) is 0. The molecule has 0 unspecified atom stereocenters. The van der Waals surface area contributed by atoms with Crippen molar-refractivity contribution in [3.05, 3.63) is 69.7 Å². The van der Waals surface area contributed by atoms with Gasteiger partial charge >= 0.3 is 0 Å². The molecule has 3 nitrogen and oxygen atoms in total. The summed E-state index contributed by atoms with van der Waals surface area (Å²) >= 11 is 3.42. The second kappa shape index (κ2) is 8.47. The second-order valence-corrected chi connectivity index (χ2v) is 6.56. The largest absolute Gasteiger partial charge is 0.488 e. The van der Waals surface area contributed by atoms with Crippen LogP contribution in [0.3, 0.4) is 0 Å². The third-order valence-corrected chi connectivity index (χ3v) is 3.91. The van der Waals surface area contributed by atoms with Crippen LogP contribution in [-0.4, -0.2) is 5.78 Å². The number of hydrogen-bond donors (Lipinski definition) is 0. The summed E-state index contributed by atoms with van der Waals surface area (Å²) in [6, 6.07) is 17.4. The zero-order valence-electron chi connectivity index (χ0n) is 13.6. The molecule has 122 valence electrons. The summed E-state index contributed by atoms with van der Waals surface area (Å²) in [5, 5.41) is 9.28. The molecule has 0 aliphatic carbocycles. The lowest BCUT2D eigenvalue weighted by atomic mass is 9.99. The van der Waals surface area contributed by atoms with Gasteiger partial charge in [-0.25, -0.2) is 0 Å². The van der Waals surface area contributed by atoms with Gasteiger partial charge in [0.15, 0.2) is 5.78 Å². The van der Waals surface area contributed by atoms with Crippen molar-refractivity contribution in [2.75, 3.05) is 0 Å². The minimum absolute atomic E-state index is 0.132. The molecule has 24 heavy (non-hydrogen) atoms. The minimum Gasteiger partial charge on any atom is -0.488 e. The molecule has 2 aromatic carbocycles. The highest BCUT2D eigenvalue weighted by atomic mass is 79.9. The molecule has 0 spiro atoms. The van der Waals surface area contributed by atoms with Crippen LogP contribution in [0.2, 0.25) is 0 Å². The van der Waals surface area contributed by atoms with Gasteiger partial charge in [0.25, 0.3) is 0 Å². The van der Waals surface area contributed by atoms with Crippen LogP contribution < -0.4 is 4.74 Å². The second-order valence-electron chi connectivity index (χ2n) is 5.65. The Balaban J connectivity index is 2.30. The monoisotopic (exact) mass is 383 g/mol. The number of hydrogen-bond acceptors (Lipinski definition) is 3. The summed E-state index contributed by atoms with van der Waals surface area (Å²) in [5.74, 6) is 0.231. The highest BCUT2D eigenvalue weighted by Gasteiger charge is 2.14. The van der Waals surface area contributed by atoms with Gasteiger partial charge in [-0.1, -0.05) is 60.1 Å². The lowest BCUT2D eigenvalue weighted by Gasteiger charge is -2.11. The maximum atomic E-state index is 12.1. The molecule has 0 atom stereocenters. The molecule has 4 heteroatoms. The summed E-state index contributed by atoms with van der Waals surface area (Å²) in [6.45, 7) is 3.98. The van der Waals surface area contributed by atoms with E-state index in [0.717, 1.165) is 10.0 Å². The first kappa shape index (κ1) is 18.0. The molecule has 0 fully saturated rings. The van der Waals surface area contributed by atoms with Crippen molar-refractivity contribution in [3.63, 3.8) is 0 Å². The highest BCUT2D eigenvalue weighted by molar-refractivity contribution is 9.10. The molecule has 2 aromatic rings. The van der Waals surface area contributed by atoms with Crippen molar-refractivity contribution in [2.24, 2.45) is 5.92 Å². The molecule has 0 aromatic heterocycles. The number of Topliss-reactive ketones (excluding diaryl/α,β-unsaturated/α-hetero) is 1. The van der Waals surface area contributed by atoms with Crippen LogP contribution in [0.5, 0.6) is 5.75 Å². The quantitative estimate of drug-likeness (QED) is 0.511. The molecule has 2 rings (SSSR count). The number of ketones is 1. The maximum Gasteiger partial charge on any atom is 0.175 e. The standard InChI is InChI=1S/C20H18BrNO2/c1-14(2)20(23)17(12-22)10-16-11-18(21)8-9-19(16)24-13-15-6-4-3-5-7-15/h3-11,14H,13H2,1-2H3/b17-10-. The van der Waals surface area contributed by atoms with Gasteiger partial charge in [-0.2, -0.15) is 5.26 Å². The van der Waals surface area contributed by atoms with Crippen LogP contribution >= 0.6 is 15.9 Å². The predicted molar refractivity (Wildman–Crippen MR) is 98.4 cm³/mol. The molecule has 0 bridgehead atoms. The lowest BCUT2D eigenvalue weighted by Crippen LogP contribution is -2.09. The predicted octanol–water partition coefficient (Wildman–Crippen LogP) is 5.16. The number of rotatable bonds is 6. The van der Waals surface area contributed by atoms with Crippen LogP contribution in [0.4, 0.5) is 0 Å². The Hall–Kier alpha value is -2.38. The number of carbonyl (C=O) groups is 1. The van der Waals surface area contributed by atoms with Crippen molar-refractivity contribution in [2.45, 2.75) is 20.5 Å². The van der Waals surface area contributed by atoms with E-state index in [1.54, 1.807) is 19.9 Å². The summed E-state index contributed by atoms with van der Waals surface area (Å²) in [6.07, 6.45) is 1.59. The van der Waals surface area contributed by atoms with Gasteiger partial charge in [0.05, 0.1) is 5.57 Å². The molecule has 0 saturated heterocycles. The topological polar surface area (TPSA) is 50.1 Å². The number of allylic oxidation sites excluding steroid dienone is 1. The van der Waals surface area contributed by atoms with Crippen LogP contribution in [-0.2, 0) is 11.4 Å². The van der Waals surface area contributed by atoms with Crippen LogP contribution in [0, 0.1) is 17.2 Å². The fourth-order valence-corrected chi connectivity index (χ4v) is 2.50. The van der Waals surface area contributed by atoms with E-state index in [0.29, 0.717) is 17.9 Å². The first-order chi connectivity index (χ1) is 11.5. The van der Waals surface area contributed by atoms with Crippen molar-refractivity contribution >= 4 is 27.8 Å². The lowest BCUT2D eigenvalue weighted by molar-refractivity contribution is -0.117. The van der Waals surface area contributed by atoms with Crippen molar-refractivity contribution in [3.8, 4) is 11.8 Å². The molecule has 0 saturated carbocycles. The normalized spacial score (nSPS) is 11.2. The van der Waals surface area contributed by atoms with Crippen LogP contribution in [0.15, 0.2) is 58.6 Å². The average Bonchev–Trinajstić information content (AvgIpc) is 2.59. The smallest absolute Gasteiger partial charge is 0.175 e. The molecule has 0 heterocycles. The first-order valence-corrected chi connectivity index (χ1v) is 8.43. The van der Waals surface area contributed by atoms with E-state index < -0.39 is 0 Å². The van der Waals surface area contributed by atoms with Crippen LogP contribution in [0.25, 0.3) is 6.08 Å². The minimum atomic E-state index is -0.225. The van der Waals surface area contributed by atoms with E-state index in [1.807, 2.05) is 54.6 Å². The number of benzene rings is 2. The maximum absolute atomic E-state index is 12.1. The third-order valence-electron chi connectivity index (χ3n) is 3.42. The zero-order valence-corrected chi connectivity index (χ0v) is 15.2. The number of halogens is 1. The SMILES string of the molecule is CC(C)C(=O)/C(C#N)=C\c1cc(Br)ccc1OCc1ccccc1. The van der Waals surface area contributed by atoms with Gasteiger partial charge in [0, 0.05) is 16.0 Å². The molecular formula is C20H18BrNO2. The van der Waals surface area contributed by atoms with Crippen molar-refractivity contribution in [1.82, 2.24) is 0 Å². The summed E-state index contributed by atoms with van der Waals surface area (Å²) in [4.78, 5) is 12.1. The first-order valence-electron chi connectivity index (χ1n) is 7.63. The summed E-state index contributed by atoms with van der Waals surface area (Å²) < 4.78 is 6.73. The third kappa shape index (κ3) is 4.81. The van der Waals surface area contributed by atoms with E-state index in [1.165, 1.54) is 0 Å². The fraction of sp³-hybridized carbons (Fsp3) is 0.200. The van der Waals surface area contributed by atoms with Gasteiger partial charge in [0.2, 0.25) is 0 Å². The van der Waals surface area contributed by atoms with Gasteiger partial charge in [-0.05, 0) is 29.8 Å². The summed E-state index contributed by atoms with van der Waals surface area (Å²) in [5.41, 5.74) is 1.88. The highest BCUT2D eigenvalue weighted by Crippen LogP contribution is 2.27. The number of nitriles is 1. The Bertz CT molecular complexity index is 789. The fourth-order valence-electron chi connectivity index (χ4n) is 2.12. The number of carbonyl (C=O) groups excluding carboxylic acids is 1. The van der Waals surface area contributed by atoms with Crippen LogP contribution in [0.1, 0.15) is 25.0 Å². The van der Waals surface area contributed by atoms with E-state index >= 15 is 0 Å². The molecular weight excluding hydrogens is 366 g/mol. The van der Waals surface area contributed by atoms with Gasteiger partial charge in [-0.15, -0.1) is 0 Å². The van der Waals surface area contributed by atoms with E-state index in [-0.39, 0.29) is 17.3 Å². The van der Waals surface area contributed by atoms with Gasteiger partial charge < -0.3 is 4.74 Å². The molecule has 0 amide bonds. The Morgan fingerprint density at radius 1 is 1.25 bits per heavy atom. The molecule has 0 radical (unpaired) electrons.